The lowest BCUT2D eigenvalue weighted by molar-refractivity contribution is -0.120. The molecule has 0 unspecified atom stereocenters. The molecule has 1 aromatic heterocycles. The van der Waals surface area contributed by atoms with Crippen molar-refractivity contribution in [3.8, 4) is 11.1 Å². The summed E-state index contributed by atoms with van der Waals surface area (Å²) >= 11 is 1.31. The molecule has 3 N–H and O–H groups in total. The predicted octanol–water partition coefficient (Wildman–Crippen LogP) is 6.86. The van der Waals surface area contributed by atoms with Gasteiger partial charge in [0.15, 0.2) is 0 Å². The summed E-state index contributed by atoms with van der Waals surface area (Å²) < 4.78 is 15.3. The molecule has 36 heavy (non-hydrogen) atoms. The maximum atomic E-state index is 14.4. The summed E-state index contributed by atoms with van der Waals surface area (Å²) in [7, 11) is 0. The zero-order valence-corrected chi connectivity index (χ0v) is 20.0. The van der Waals surface area contributed by atoms with Crippen LogP contribution >= 0.6 is 11.3 Å². The van der Waals surface area contributed by atoms with Gasteiger partial charge in [0.05, 0.1) is 28.4 Å². The third kappa shape index (κ3) is 4.96. The van der Waals surface area contributed by atoms with E-state index in [-0.39, 0.29) is 23.1 Å². The van der Waals surface area contributed by atoms with Gasteiger partial charge in [0.25, 0.3) is 11.8 Å². The molecular weight excluding hydrogens is 473 g/mol. The minimum absolute atomic E-state index is 0.0937. The van der Waals surface area contributed by atoms with Gasteiger partial charge >= 0.3 is 0 Å². The lowest BCUT2D eigenvalue weighted by Crippen LogP contribution is -2.23. The number of halogens is 1. The molecule has 0 radical (unpaired) electrons. The molecule has 0 bridgehead atoms. The van der Waals surface area contributed by atoms with Crippen LogP contribution in [0.15, 0.2) is 103 Å². The Bertz CT molecular complexity index is 1550. The summed E-state index contributed by atoms with van der Waals surface area (Å²) in [5.41, 5.74) is 9.96. The van der Waals surface area contributed by atoms with E-state index in [1.165, 1.54) is 23.5 Å². The van der Waals surface area contributed by atoms with E-state index >= 15 is 0 Å². The number of hydrogen-bond donors (Lipinski definition) is 2. The highest BCUT2D eigenvalue weighted by molar-refractivity contribution is 7.20. The van der Waals surface area contributed by atoms with Crippen LogP contribution in [-0.4, -0.2) is 11.8 Å². The van der Waals surface area contributed by atoms with Crippen molar-refractivity contribution in [1.29, 1.82) is 0 Å². The molecule has 7 heteroatoms. The first-order chi connectivity index (χ1) is 17.5. The van der Waals surface area contributed by atoms with E-state index in [0.717, 1.165) is 21.2 Å². The summed E-state index contributed by atoms with van der Waals surface area (Å²) in [4.78, 5) is 25.9. The van der Waals surface area contributed by atoms with E-state index in [1.54, 1.807) is 36.4 Å². The Balaban J connectivity index is 1.33. The van der Waals surface area contributed by atoms with E-state index in [4.69, 9.17) is 5.73 Å². The summed E-state index contributed by atoms with van der Waals surface area (Å²) in [5, 5.41) is 3.94. The van der Waals surface area contributed by atoms with Crippen LogP contribution in [0.1, 0.15) is 15.2 Å². The minimum atomic E-state index is -0.663. The molecule has 1 heterocycles. The van der Waals surface area contributed by atoms with Crippen LogP contribution in [-0.2, 0) is 11.2 Å². The molecule has 5 nitrogen and oxygen atoms in total. The third-order valence-corrected chi connectivity index (χ3v) is 6.87. The number of carbonyl (C=O) groups is 2. The number of carbonyl (C=O) groups excluding carboxylic acids is 2. The highest BCUT2D eigenvalue weighted by atomic mass is 32.1. The van der Waals surface area contributed by atoms with Crippen molar-refractivity contribution >= 4 is 50.3 Å². The van der Waals surface area contributed by atoms with Gasteiger partial charge in [-0.25, -0.2) is 0 Å². The normalized spacial score (nSPS) is 10.8. The second-order valence-electron chi connectivity index (χ2n) is 8.29. The maximum absolute atomic E-state index is 14.4. The van der Waals surface area contributed by atoms with Crippen LogP contribution in [0.3, 0.4) is 0 Å². The number of para-hydroxylation sites is 1. The lowest BCUT2D eigenvalue weighted by atomic mass is 10.0. The molecule has 0 aliphatic heterocycles. The van der Waals surface area contributed by atoms with Gasteiger partial charge in [-0.15, -0.1) is 16.5 Å². The number of amides is 2. The molecule has 5 rings (SSSR count). The smallest absolute Gasteiger partial charge is 0.265 e. The number of nitrogens with two attached hydrogens (primary N) is 1. The molecule has 0 aliphatic rings. The van der Waals surface area contributed by atoms with Gasteiger partial charge in [0, 0.05) is 4.70 Å². The lowest BCUT2D eigenvalue weighted by Gasteiger charge is -2.11. The topological polar surface area (TPSA) is 75.4 Å². The minimum Gasteiger partial charge on any atom is -0.397 e. The SMILES string of the molecule is Nc1ccc(-c2ccccc2)cc1NC(=O)c1cc2ccc(CC(=O)N(F)c3ccccc3)cc2s1. The number of thiophene rings is 1. The number of nitrogens with zero attached hydrogens (tertiary/aromatic N) is 1. The zero-order chi connectivity index (χ0) is 25.1. The van der Waals surface area contributed by atoms with Crippen molar-refractivity contribution in [1.82, 2.24) is 0 Å². The van der Waals surface area contributed by atoms with Gasteiger partial charge in [-0.2, -0.15) is 0 Å². The van der Waals surface area contributed by atoms with Crippen LogP contribution in [0, 0.1) is 0 Å². The van der Waals surface area contributed by atoms with Crippen LogP contribution in [0.4, 0.5) is 21.5 Å². The first kappa shape index (κ1) is 23.3. The highest BCUT2D eigenvalue weighted by Gasteiger charge is 2.17. The fraction of sp³-hybridized carbons (Fsp3) is 0.0345. The summed E-state index contributed by atoms with van der Waals surface area (Å²) in [6.45, 7) is 0. The van der Waals surface area contributed by atoms with Gasteiger partial charge < -0.3 is 11.1 Å². The summed E-state index contributed by atoms with van der Waals surface area (Å²) in [6.07, 6.45) is -0.0937. The zero-order valence-electron chi connectivity index (χ0n) is 19.1. The van der Waals surface area contributed by atoms with Gasteiger partial charge in [0.2, 0.25) is 0 Å². The van der Waals surface area contributed by atoms with Crippen molar-refractivity contribution in [3.05, 3.63) is 114 Å². The number of rotatable bonds is 6. The van der Waals surface area contributed by atoms with E-state index in [1.807, 2.05) is 54.6 Å². The molecule has 178 valence electrons. The van der Waals surface area contributed by atoms with Gasteiger partial charge in [-0.05, 0) is 58.5 Å². The van der Waals surface area contributed by atoms with Crippen molar-refractivity contribution < 1.29 is 14.1 Å². The Hall–Kier alpha value is -4.49. The molecular formula is C29H22FN3O2S. The van der Waals surface area contributed by atoms with Crippen LogP contribution in [0.5, 0.6) is 0 Å². The third-order valence-electron chi connectivity index (χ3n) is 5.77. The maximum Gasteiger partial charge on any atom is 0.265 e. The van der Waals surface area contributed by atoms with Crippen molar-refractivity contribution in [2.24, 2.45) is 0 Å². The number of anilines is 3. The van der Waals surface area contributed by atoms with Crippen LogP contribution < -0.4 is 16.2 Å². The molecule has 4 aromatic carbocycles. The van der Waals surface area contributed by atoms with E-state index < -0.39 is 5.91 Å². The Morgan fingerprint density at radius 3 is 2.31 bits per heavy atom. The first-order valence-corrected chi connectivity index (χ1v) is 12.1. The molecule has 5 aromatic rings. The quantitative estimate of drug-likeness (QED) is 0.200. The average Bonchev–Trinajstić information content (AvgIpc) is 3.34. The molecule has 0 fully saturated rings. The largest absolute Gasteiger partial charge is 0.397 e. The monoisotopic (exact) mass is 495 g/mol. The number of fused-ring (bicyclic) bond motifs is 1. The average molecular weight is 496 g/mol. The predicted molar refractivity (Wildman–Crippen MR) is 145 cm³/mol. The number of benzene rings is 4. The molecule has 0 saturated heterocycles. The molecule has 2 amide bonds. The first-order valence-electron chi connectivity index (χ1n) is 11.3. The number of nitrogens with one attached hydrogen (secondary N) is 1. The van der Waals surface area contributed by atoms with E-state index in [2.05, 4.69) is 5.32 Å². The Morgan fingerprint density at radius 2 is 1.56 bits per heavy atom. The van der Waals surface area contributed by atoms with E-state index in [9.17, 15) is 14.1 Å². The summed E-state index contributed by atoms with van der Waals surface area (Å²) in [5.74, 6) is -0.936. The van der Waals surface area contributed by atoms with Crippen molar-refractivity contribution in [2.75, 3.05) is 16.2 Å². The van der Waals surface area contributed by atoms with Gasteiger partial charge in [0.1, 0.15) is 0 Å². The van der Waals surface area contributed by atoms with E-state index in [0.29, 0.717) is 21.8 Å². The Labute approximate surface area is 211 Å². The number of nitrogen functional groups attached to an aromatic ring is 1. The Morgan fingerprint density at radius 1 is 0.833 bits per heavy atom. The number of hydrogen-bond acceptors (Lipinski definition) is 4. The van der Waals surface area contributed by atoms with Gasteiger partial charge in [-0.3, -0.25) is 9.59 Å². The fourth-order valence-corrected chi connectivity index (χ4v) is 4.92. The second kappa shape index (κ2) is 10.0. The molecule has 0 spiro atoms. The van der Waals surface area contributed by atoms with Crippen molar-refractivity contribution in [3.63, 3.8) is 0 Å². The van der Waals surface area contributed by atoms with Crippen LogP contribution in [0.25, 0.3) is 21.2 Å². The van der Waals surface area contributed by atoms with Gasteiger partial charge in [-0.1, -0.05) is 71.2 Å². The molecule has 0 aliphatic carbocycles. The standard InChI is InChI=1S/C29H22FN3O2S/c30-33(23-9-5-2-6-10-23)28(34)16-19-11-12-22-18-27(36-26(22)15-19)29(35)32-25-17-21(13-14-24(25)31)20-7-3-1-4-8-20/h1-15,17-18H,16,31H2,(H,32,35). The van der Waals surface area contributed by atoms with Crippen molar-refractivity contribution in [2.45, 2.75) is 6.42 Å². The highest BCUT2D eigenvalue weighted by Crippen LogP contribution is 2.31. The second-order valence-corrected chi connectivity index (χ2v) is 9.38. The Kier molecular flexibility index (Phi) is 6.47. The molecule has 0 saturated carbocycles. The van der Waals surface area contributed by atoms with Crippen LogP contribution in [0.2, 0.25) is 0 Å². The molecule has 0 atom stereocenters. The summed E-state index contributed by atoms with van der Waals surface area (Å²) in [6, 6.07) is 30.8. The fourth-order valence-electron chi connectivity index (χ4n) is 3.90.